The Morgan fingerprint density at radius 1 is 1.45 bits per heavy atom. The Kier molecular flexibility index (Phi) is 4.78. The lowest BCUT2D eigenvalue weighted by Crippen LogP contribution is -2.44. The summed E-state index contributed by atoms with van der Waals surface area (Å²) in [7, 11) is 0. The van der Waals surface area contributed by atoms with Crippen LogP contribution in [-0.2, 0) is 10.4 Å². The molecular weight excluding hydrogens is 252 g/mol. The van der Waals surface area contributed by atoms with Gasteiger partial charge >= 0.3 is 0 Å². The molecule has 20 heavy (non-hydrogen) atoms. The number of carbonyl (C=O) groups is 1. The molecule has 1 saturated heterocycles. The van der Waals surface area contributed by atoms with Crippen LogP contribution in [0, 0.1) is 0 Å². The lowest BCUT2D eigenvalue weighted by atomic mass is 9.96. The van der Waals surface area contributed by atoms with E-state index in [0.717, 1.165) is 24.9 Å². The van der Waals surface area contributed by atoms with Crippen molar-refractivity contribution in [2.24, 2.45) is 0 Å². The van der Waals surface area contributed by atoms with Gasteiger partial charge in [0.25, 0.3) is 0 Å². The number of rotatable bonds is 5. The van der Waals surface area contributed by atoms with Gasteiger partial charge in [0.2, 0.25) is 5.91 Å². The molecule has 110 valence electrons. The molecule has 1 aromatic rings. The predicted molar refractivity (Wildman–Crippen MR) is 79.3 cm³/mol. The summed E-state index contributed by atoms with van der Waals surface area (Å²) < 4.78 is 0. The SMILES string of the molecule is CC1CCCN1CC(=O)NCC(C)(O)c1ccccc1. The third kappa shape index (κ3) is 3.81. The number of hydrogen-bond acceptors (Lipinski definition) is 3. The molecule has 2 unspecified atom stereocenters. The van der Waals surface area contributed by atoms with Crippen molar-refractivity contribution in [1.82, 2.24) is 10.2 Å². The summed E-state index contributed by atoms with van der Waals surface area (Å²) in [4.78, 5) is 14.1. The van der Waals surface area contributed by atoms with Crippen LogP contribution in [0.25, 0.3) is 0 Å². The number of amides is 1. The molecule has 1 heterocycles. The number of benzene rings is 1. The molecule has 0 bridgehead atoms. The Morgan fingerprint density at radius 2 is 2.15 bits per heavy atom. The third-order valence-corrected chi connectivity index (χ3v) is 4.06. The minimum Gasteiger partial charge on any atom is -0.384 e. The van der Waals surface area contributed by atoms with Crippen molar-refractivity contribution in [3.8, 4) is 0 Å². The number of likely N-dealkylation sites (tertiary alicyclic amines) is 1. The second-order valence-corrected chi connectivity index (χ2v) is 5.88. The number of nitrogens with one attached hydrogen (secondary N) is 1. The summed E-state index contributed by atoms with van der Waals surface area (Å²) in [6.45, 7) is 5.52. The van der Waals surface area contributed by atoms with Crippen LogP contribution in [0.15, 0.2) is 30.3 Å². The first-order chi connectivity index (χ1) is 9.49. The van der Waals surface area contributed by atoms with Crippen LogP contribution in [0.5, 0.6) is 0 Å². The van der Waals surface area contributed by atoms with Gasteiger partial charge in [-0.15, -0.1) is 0 Å². The lowest BCUT2D eigenvalue weighted by molar-refractivity contribution is -0.123. The molecule has 2 atom stereocenters. The Hall–Kier alpha value is -1.39. The van der Waals surface area contributed by atoms with Crippen LogP contribution in [0.2, 0.25) is 0 Å². The molecule has 1 fully saturated rings. The van der Waals surface area contributed by atoms with E-state index in [1.807, 2.05) is 30.3 Å². The van der Waals surface area contributed by atoms with E-state index < -0.39 is 5.60 Å². The van der Waals surface area contributed by atoms with Gasteiger partial charge in [-0.05, 0) is 38.8 Å². The van der Waals surface area contributed by atoms with Gasteiger partial charge in [-0.2, -0.15) is 0 Å². The number of aliphatic hydroxyl groups is 1. The minimum atomic E-state index is -1.03. The van der Waals surface area contributed by atoms with Gasteiger partial charge in [0, 0.05) is 6.04 Å². The second kappa shape index (κ2) is 6.37. The van der Waals surface area contributed by atoms with Gasteiger partial charge in [-0.1, -0.05) is 30.3 Å². The number of carbonyl (C=O) groups excluding carboxylic acids is 1. The summed E-state index contributed by atoms with van der Waals surface area (Å²) in [6, 6.07) is 9.90. The van der Waals surface area contributed by atoms with Crippen LogP contribution in [-0.4, -0.2) is 41.6 Å². The van der Waals surface area contributed by atoms with Crippen LogP contribution >= 0.6 is 0 Å². The molecular formula is C16H24N2O2. The van der Waals surface area contributed by atoms with E-state index in [2.05, 4.69) is 17.1 Å². The maximum absolute atomic E-state index is 12.0. The summed E-state index contributed by atoms with van der Waals surface area (Å²) in [5.74, 6) is -0.0186. The molecule has 4 nitrogen and oxygen atoms in total. The average molecular weight is 276 g/mol. The van der Waals surface area contributed by atoms with Crippen LogP contribution in [0.4, 0.5) is 0 Å². The highest BCUT2D eigenvalue weighted by Gasteiger charge is 2.25. The Morgan fingerprint density at radius 3 is 2.75 bits per heavy atom. The molecule has 2 rings (SSSR count). The van der Waals surface area contributed by atoms with E-state index in [1.54, 1.807) is 6.92 Å². The fourth-order valence-corrected chi connectivity index (χ4v) is 2.64. The topological polar surface area (TPSA) is 52.6 Å². The minimum absolute atomic E-state index is 0.0186. The molecule has 0 aliphatic carbocycles. The summed E-state index contributed by atoms with van der Waals surface area (Å²) >= 11 is 0. The Bertz CT molecular complexity index is 445. The maximum atomic E-state index is 12.0. The molecule has 1 aliphatic rings. The molecule has 1 aromatic carbocycles. The first-order valence-electron chi connectivity index (χ1n) is 7.28. The zero-order chi connectivity index (χ0) is 14.6. The normalized spacial score (nSPS) is 22.4. The van der Waals surface area contributed by atoms with E-state index in [4.69, 9.17) is 0 Å². The maximum Gasteiger partial charge on any atom is 0.234 e. The number of nitrogens with zero attached hydrogens (tertiary/aromatic N) is 1. The molecule has 0 saturated carbocycles. The van der Waals surface area contributed by atoms with Crippen LogP contribution < -0.4 is 5.32 Å². The Labute approximate surface area is 120 Å². The van der Waals surface area contributed by atoms with Crippen LogP contribution in [0.3, 0.4) is 0 Å². The van der Waals surface area contributed by atoms with Gasteiger partial charge in [0.1, 0.15) is 5.60 Å². The molecule has 1 amide bonds. The van der Waals surface area contributed by atoms with Gasteiger partial charge in [-0.25, -0.2) is 0 Å². The fraction of sp³-hybridized carbons (Fsp3) is 0.562. The van der Waals surface area contributed by atoms with Gasteiger partial charge < -0.3 is 10.4 Å². The quantitative estimate of drug-likeness (QED) is 0.857. The fourth-order valence-electron chi connectivity index (χ4n) is 2.64. The van der Waals surface area contributed by atoms with Crippen molar-refractivity contribution in [1.29, 1.82) is 0 Å². The van der Waals surface area contributed by atoms with E-state index in [9.17, 15) is 9.90 Å². The highest BCUT2D eigenvalue weighted by Crippen LogP contribution is 2.19. The lowest BCUT2D eigenvalue weighted by Gasteiger charge is -2.25. The van der Waals surface area contributed by atoms with Gasteiger partial charge in [0.15, 0.2) is 0 Å². The van der Waals surface area contributed by atoms with Crippen molar-refractivity contribution in [2.45, 2.75) is 38.3 Å². The monoisotopic (exact) mass is 276 g/mol. The molecule has 2 N–H and O–H groups in total. The smallest absolute Gasteiger partial charge is 0.234 e. The average Bonchev–Trinajstić information content (AvgIpc) is 2.83. The molecule has 0 spiro atoms. The van der Waals surface area contributed by atoms with Crippen molar-refractivity contribution in [3.05, 3.63) is 35.9 Å². The highest BCUT2D eigenvalue weighted by atomic mass is 16.3. The van der Waals surface area contributed by atoms with Crippen molar-refractivity contribution in [3.63, 3.8) is 0 Å². The zero-order valence-electron chi connectivity index (χ0n) is 12.3. The van der Waals surface area contributed by atoms with E-state index in [1.165, 1.54) is 0 Å². The second-order valence-electron chi connectivity index (χ2n) is 5.88. The first kappa shape index (κ1) is 15.0. The van der Waals surface area contributed by atoms with Crippen molar-refractivity contribution >= 4 is 5.91 Å². The Balaban J connectivity index is 1.83. The van der Waals surface area contributed by atoms with Crippen molar-refractivity contribution in [2.75, 3.05) is 19.6 Å². The third-order valence-electron chi connectivity index (χ3n) is 4.06. The number of hydrogen-bond donors (Lipinski definition) is 2. The zero-order valence-corrected chi connectivity index (χ0v) is 12.3. The molecule has 4 heteroatoms. The van der Waals surface area contributed by atoms with Gasteiger partial charge in [0.05, 0.1) is 13.1 Å². The van der Waals surface area contributed by atoms with E-state index in [0.29, 0.717) is 12.6 Å². The molecule has 0 radical (unpaired) electrons. The standard InChI is InChI=1S/C16H24N2O2/c1-13-7-6-10-18(13)11-15(19)17-12-16(2,20)14-8-4-3-5-9-14/h3-5,8-9,13,20H,6-7,10-12H2,1-2H3,(H,17,19). The highest BCUT2D eigenvalue weighted by molar-refractivity contribution is 5.78. The summed E-state index contributed by atoms with van der Waals surface area (Å²) in [6.07, 6.45) is 2.32. The largest absolute Gasteiger partial charge is 0.384 e. The van der Waals surface area contributed by atoms with Gasteiger partial charge in [-0.3, -0.25) is 9.69 Å². The van der Waals surface area contributed by atoms with Crippen LogP contribution in [0.1, 0.15) is 32.3 Å². The summed E-state index contributed by atoms with van der Waals surface area (Å²) in [5, 5.41) is 13.3. The molecule has 0 aromatic heterocycles. The van der Waals surface area contributed by atoms with E-state index >= 15 is 0 Å². The summed E-state index contributed by atoms with van der Waals surface area (Å²) in [5.41, 5.74) is -0.220. The molecule has 1 aliphatic heterocycles. The van der Waals surface area contributed by atoms with Crippen molar-refractivity contribution < 1.29 is 9.90 Å². The predicted octanol–water partition coefficient (Wildman–Crippen LogP) is 1.49. The van der Waals surface area contributed by atoms with E-state index in [-0.39, 0.29) is 12.5 Å². The first-order valence-corrected chi connectivity index (χ1v) is 7.28.